The zero-order valence-electron chi connectivity index (χ0n) is 10.3. The van der Waals surface area contributed by atoms with Gasteiger partial charge >= 0.3 is 0 Å². The third-order valence-corrected chi connectivity index (χ3v) is 5.33. The molecule has 0 amide bonds. The van der Waals surface area contributed by atoms with Crippen LogP contribution in [0.5, 0.6) is 0 Å². The summed E-state index contributed by atoms with van der Waals surface area (Å²) < 4.78 is 2.34. The average Bonchev–Trinajstić information content (AvgIpc) is 2.70. The zero-order chi connectivity index (χ0) is 12.5. The second kappa shape index (κ2) is 5.61. The molecule has 4 heteroatoms. The monoisotopic (exact) mass is 372 g/mol. The van der Waals surface area contributed by atoms with E-state index >= 15 is 0 Å². The fourth-order valence-electron chi connectivity index (χ4n) is 3.16. The van der Waals surface area contributed by atoms with Crippen LogP contribution in [0.3, 0.4) is 0 Å². The SMILES string of the molecule is Brc1ccc(Br)c(CNC2CC3CCC(C2)N3)c1. The molecule has 2 fully saturated rings. The molecule has 0 spiro atoms. The predicted molar refractivity (Wildman–Crippen MR) is 81.6 cm³/mol. The van der Waals surface area contributed by atoms with Crippen molar-refractivity contribution < 1.29 is 0 Å². The highest BCUT2D eigenvalue weighted by molar-refractivity contribution is 9.11. The number of piperidine rings is 1. The Bertz CT molecular complexity index is 424. The van der Waals surface area contributed by atoms with Crippen molar-refractivity contribution in [1.29, 1.82) is 0 Å². The van der Waals surface area contributed by atoms with E-state index in [1.54, 1.807) is 0 Å². The van der Waals surface area contributed by atoms with Gasteiger partial charge in [0.05, 0.1) is 0 Å². The largest absolute Gasteiger partial charge is 0.311 e. The molecule has 2 saturated heterocycles. The molecule has 2 bridgehead atoms. The number of benzene rings is 1. The third-order valence-electron chi connectivity index (χ3n) is 4.06. The van der Waals surface area contributed by atoms with Gasteiger partial charge in [0.1, 0.15) is 0 Å². The van der Waals surface area contributed by atoms with Crippen LogP contribution in [0.15, 0.2) is 27.1 Å². The maximum absolute atomic E-state index is 3.72. The summed E-state index contributed by atoms with van der Waals surface area (Å²) in [5.74, 6) is 0. The van der Waals surface area contributed by atoms with E-state index in [0.29, 0.717) is 6.04 Å². The van der Waals surface area contributed by atoms with E-state index in [9.17, 15) is 0 Å². The zero-order valence-corrected chi connectivity index (χ0v) is 13.4. The second-order valence-corrected chi connectivity index (χ2v) is 7.19. The van der Waals surface area contributed by atoms with Crippen molar-refractivity contribution >= 4 is 31.9 Å². The molecule has 2 atom stereocenters. The molecular formula is C14H18Br2N2. The molecule has 2 nitrogen and oxygen atoms in total. The quantitative estimate of drug-likeness (QED) is 0.845. The Hall–Kier alpha value is 0.1000. The second-order valence-electron chi connectivity index (χ2n) is 5.42. The molecule has 0 aromatic heterocycles. The molecule has 1 aromatic rings. The lowest BCUT2D eigenvalue weighted by molar-refractivity contribution is 0.316. The number of rotatable bonds is 3. The fourth-order valence-corrected chi connectivity index (χ4v) is 3.95. The Kier molecular flexibility index (Phi) is 4.09. The van der Waals surface area contributed by atoms with E-state index in [-0.39, 0.29) is 0 Å². The van der Waals surface area contributed by atoms with Gasteiger partial charge < -0.3 is 10.6 Å². The minimum atomic E-state index is 0.676. The van der Waals surface area contributed by atoms with E-state index in [1.807, 2.05) is 0 Å². The van der Waals surface area contributed by atoms with Gasteiger partial charge in [0, 0.05) is 33.6 Å². The first-order valence-electron chi connectivity index (χ1n) is 6.64. The van der Waals surface area contributed by atoms with Crippen molar-refractivity contribution in [2.24, 2.45) is 0 Å². The Balaban J connectivity index is 1.59. The highest BCUT2D eigenvalue weighted by atomic mass is 79.9. The average molecular weight is 374 g/mol. The van der Waals surface area contributed by atoms with Gasteiger partial charge in [-0.3, -0.25) is 0 Å². The van der Waals surface area contributed by atoms with Crippen LogP contribution >= 0.6 is 31.9 Å². The molecule has 2 N–H and O–H groups in total. The summed E-state index contributed by atoms with van der Waals surface area (Å²) in [5, 5.41) is 7.40. The van der Waals surface area contributed by atoms with E-state index < -0.39 is 0 Å². The van der Waals surface area contributed by atoms with Crippen LogP contribution in [0.25, 0.3) is 0 Å². The van der Waals surface area contributed by atoms with E-state index in [0.717, 1.165) is 23.1 Å². The van der Waals surface area contributed by atoms with Crippen LogP contribution in [-0.2, 0) is 6.54 Å². The van der Waals surface area contributed by atoms with Crippen molar-refractivity contribution in [2.45, 2.75) is 50.4 Å². The molecule has 1 aromatic carbocycles. The molecule has 2 heterocycles. The Morgan fingerprint density at radius 3 is 2.61 bits per heavy atom. The molecule has 98 valence electrons. The summed E-state index contributed by atoms with van der Waals surface area (Å²) in [7, 11) is 0. The van der Waals surface area contributed by atoms with Crippen LogP contribution in [0, 0.1) is 0 Å². The van der Waals surface area contributed by atoms with Gasteiger partial charge in [0.25, 0.3) is 0 Å². The van der Waals surface area contributed by atoms with E-state index in [1.165, 1.54) is 35.7 Å². The smallest absolute Gasteiger partial charge is 0.0221 e. The van der Waals surface area contributed by atoms with E-state index in [4.69, 9.17) is 0 Å². The van der Waals surface area contributed by atoms with Gasteiger partial charge in [-0.05, 0) is 49.4 Å². The van der Waals surface area contributed by atoms with Gasteiger partial charge in [-0.1, -0.05) is 31.9 Å². The maximum atomic E-state index is 3.72. The summed E-state index contributed by atoms with van der Waals surface area (Å²) in [4.78, 5) is 0. The summed E-state index contributed by atoms with van der Waals surface area (Å²) in [5.41, 5.74) is 1.33. The van der Waals surface area contributed by atoms with E-state index in [2.05, 4.69) is 60.7 Å². The Labute approximate surface area is 125 Å². The number of nitrogens with one attached hydrogen (secondary N) is 2. The van der Waals surface area contributed by atoms with Gasteiger partial charge in [0.2, 0.25) is 0 Å². The molecule has 2 aliphatic heterocycles. The van der Waals surface area contributed by atoms with Crippen LogP contribution in [-0.4, -0.2) is 18.1 Å². The highest BCUT2D eigenvalue weighted by Crippen LogP contribution is 2.27. The minimum absolute atomic E-state index is 0.676. The van der Waals surface area contributed by atoms with Gasteiger partial charge in [-0.2, -0.15) is 0 Å². The lowest BCUT2D eigenvalue weighted by atomic mass is 9.99. The molecular weight excluding hydrogens is 356 g/mol. The van der Waals surface area contributed by atoms with Crippen molar-refractivity contribution in [3.63, 3.8) is 0 Å². The normalized spacial score (nSPS) is 30.7. The molecule has 2 unspecified atom stereocenters. The maximum Gasteiger partial charge on any atom is 0.0221 e. The topological polar surface area (TPSA) is 24.1 Å². The first-order chi connectivity index (χ1) is 8.70. The number of halogens is 2. The Morgan fingerprint density at radius 2 is 1.89 bits per heavy atom. The minimum Gasteiger partial charge on any atom is -0.311 e. The highest BCUT2D eigenvalue weighted by Gasteiger charge is 2.32. The first kappa shape index (κ1) is 13.1. The van der Waals surface area contributed by atoms with Crippen molar-refractivity contribution in [3.8, 4) is 0 Å². The summed E-state index contributed by atoms with van der Waals surface area (Å²) >= 11 is 7.15. The van der Waals surface area contributed by atoms with Gasteiger partial charge in [-0.15, -0.1) is 0 Å². The molecule has 18 heavy (non-hydrogen) atoms. The molecule has 0 radical (unpaired) electrons. The lowest BCUT2D eigenvalue weighted by Gasteiger charge is -2.30. The standard InChI is InChI=1S/C14H18Br2N2/c15-10-1-4-14(16)9(5-10)8-17-13-6-11-2-3-12(7-13)18-11/h1,4-5,11-13,17-18H,2-3,6-8H2. The van der Waals surface area contributed by atoms with Crippen LogP contribution < -0.4 is 10.6 Å². The summed E-state index contributed by atoms with van der Waals surface area (Å²) in [6.45, 7) is 0.949. The fraction of sp³-hybridized carbons (Fsp3) is 0.571. The lowest BCUT2D eigenvalue weighted by Crippen LogP contribution is -2.46. The Morgan fingerprint density at radius 1 is 1.17 bits per heavy atom. The first-order valence-corrected chi connectivity index (χ1v) is 8.22. The number of hydrogen-bond acceptors (Lipinski definition) is 2. The van der Waals surface area contributed by atoms with Gasteiger partial charge in [0.15, 0.2) is 0 Å². The van der Waals surface area contributed by atoms with Crippen molar-refractivity contribution in [3.05, 3.63) is 32.7 Å². The number of fused-ring (bicyclic) bond motifs is 2. The van der Waals surface area contributed by atoms with Crippen molar-refractivity contribution in [1.82, 2.24) is 10.6 Å². The summed E-state index contributed by atoms with van der Waals surface area (Å²) in [6.07, 6.45) is 5.29. The molecule has 0 aliphatic carbocycles. The van der Waals surface area contributed by atoms with Crippen LogP contribution in [0.4, 0.5) is 0 Å². The third kappa shape index (κ3) is 2.98. The molecule has 3 rings (SSSR count). The molecule has 2 aliphatic rings. The van der Waals surface area contributed by atoms with Crippen LogP contribution in [0.2, 0.25) is 0 Å². The van der Waals surface area contributed by atoms with Gasteiger partial charge in [-0.25, -0.2) is 0 Å². The molecule has 0 saturated carbocycles. The number of hydrogen-bond donors (Lipinski definition) is 2. The van der Waals surface area contributed by atoms with Crippen molar-refractivity contribution in [2.75, 3.05) is 0 Å². The summed E-state index contributed by atoms with van der Waals surface area (Å²) in [6, 6.07) is 8.55. The predicted octanol–water partition coefficient (Wildman–Crippen LogP) is 3.58. The van der Waals surface area contributed by atoms with Crippen LogP contribution in [0.1, 0.15) is 31.2 Å².